The van der Waals surface area contributed by atoms with Crippen molar-refractivity contribution in [3.05, 3.63) is 36.2 Å². The minimum Gasteiger partial charge on any atom is -0.366 e. The second-order valence-electron chi connectivity index (χ2n) is 5.13. The van der Waals surface area contributed by atoms with Crippen LogP contribution in [0.1, 0.15) is 32.3 Å². The van der Waals surface area contributed by atoms with Gasteiger partial charge in [0.1, 0.15) is 0 Å². The van der Waals surface area contributed by atoms with Gasteiger partial charge in [0.15, 0.2) is 0 Å². The van der Waals surface area contributed by atoms with Crippen molar-refractivity contribution in [3.63, 3.8) is 0 Å². The molecule has 18 heavy (non-hydrogen) atoms. The topological polar surface area (TPSA) is 28.2 Å². The van der Waals surface area contributed by atoms with E-state index in [0.29, 0.717) is 0 Å². The molecule has 0 aliphatic heterocycles. The van der Waals surface area contributed by atoms with Gasteiger partial charge in [0.25, 0.3) is 0 Å². The van der Waals surface area contributed by atoms with Crippen LogP contribution in [0.5, 0.6) is 0 Å². The summed E-state index contributed by atoms with van der Waals surface area (Å²) in [5.74, 6) is 0. The van der Waals surface area contributed by atoms with Crippen LogP contribution in [0.3, 0.4) is 0 Å². The SMILES string of the molecule is C=C(C)CN(CC)c1cnccc1CNC1CC1. The van der Waals surface area contributed by atoms with Crippen LogP contribution in [-0.4, -0.2) is 24.1 Å². The first-order valence-electron chi connectivity index (χ1n) is 6.76. The summed E-state index contributed by atoms with van der Waals surface area (Å²) < 4.78 is 0. The summed E-state index contributed by atoms with van der Waals surface area (Å²) in [4.78, 5) is 6.60. The van der Waals surface area contributed by atoms with E-state index in [-0.39, 0.29) is 0 Å². The Morgan fingerprint density at radius 1 is 1.56 bits per heavy atom. The monoisotopic (exact) mass is 245 g/mol. The third-order valence-electron chi connectivity index (χ3n) is 3.23. The van der Waals surface area contributed by atoms with Crippen LogP contribution in [0.15, 0.2) is 30.6 Å². The maximum atomic E-state index is 4.27. The normalized spacial score (nSPS) is 14.6. The minimum atomic E-state index is 0.738. The van der Waals surface area contributed by atoms with Gasteiger partial charge in [-0.3, -0.25) is 4.98 Å². The van der Waals surface area contributed by atoms with E-state index in [1.165, 1.54) is 29.7 Å². The van der Waals surface area contributed by atoms with Crippen molar-refractivity contribution in [2.75, 3.05) is 18.0 Å². The van der Waals surface area contributed by atoms with E-state index in [1.54, 1.807) is 0 Å². The van der Waals surface area contributed by atoms with Gasteiger partial charge in [-0.2, -0.15) is 0 Å². The number of anilines is 1. The molecular weight excluding hydrogens is 222 g/mol. The van der Waals surface area contributed by atoms with Crippen molar-refractivity contribution in [1.29, 1.82) is 0 Å². The van der Waals surface area contributed by atoms with Gasteiger partial charge in [0, 0.05) is 31.9 Å². The summed E-state index contributed by atoms with van der Waals surface area (Å²) in [7, 11) is 0. The highest BCUT2D eigenvalue weighted by atomic mass is 15.1. The van der Waals surface area contributed by atoms with Crippen molar-refractivity contribution >= 4 is 5.69 Å². The highest BCUT2D eigenvalue weighted by Crippen LogP contribution is 2.23. The minimum absolute atomic E-state index is 0.738. The molecule has 0 unspecified atom stereocenters. The Kier molecular flexibility index (Phi) is 4.37. The largest absolute Gasteiger partial charge is 0.366 e. The highest BCUT2D eigenvalue weighted by molar-refractivity contribution is 5.52. The third kappa shape index (κ3) is 3.57. The second-order valence-corrected chi connectivity index (χ2v) is 5.13. The number of aromatic nitrogens is 1. The van der Waals surface area contributed by atoms with Gasteiger partial charge >= 0.3 is 0 Å². The zero-order valence-electron chi connectivity index (χ0n) is 11.4. The van der Waals surface area contributed by atoms with Gasteiger partial charge in [-0.25, -0.2) is 0 Å². The number of hydrogen-bond acceptors (Lipinski definition) is 3. The fourth-order valence-electron chi connectivity index (χ4n) is 2.08. The van der Waals surface area contributed by atoms with Gasteiger partial charge in [-0.05, 0) is 38.3 Å². The summed E-state index contributed by atoms with van der Waals surface area (Å²) in [6, 6.07) is 2.86. The zero-order chi connectivity index (χ0) is 13.0. The molecule has 1 aromatic heterocycles. The van der Waals surface area contributed by atoms with E-state index in [0.717, 1.165) is 25.7 Å². The van der Waals surface area contributed by atoms with Crippen molar-refractivity contribution in [1.82, 2.24) is 10.3 Å². The van der Waals surface area contributed by atoms with Crippen LogP contribution in [0.25, 0.3) is 0 Å². The fraction of sp³-hybridized carbons (Fsp3) is 0.533. The first kappa shape index (κ1) is 13.1. The molecule has 1 saturated carbocycles. The molecule has 0 atom stereocenters. The first-order valence-corrected chi connectivity index (χ1v) is 6.76. The molecule has 1 aliphatic carbocycles. The number of likely N-dealkylation sites (N-methyl/N-ethyl adjacent to an activating group) is 1. The maximum absolute atomic E-state index is 4.27. The van der Waals surface area contributed by atoms with Crippen LogP contribution in [0.2, 0.25) is 0 Å². The number of hydrogen-bond donors (Lipinski definition) is 1. The fourth-order valence-corrected chi connectivity index (χ4v) is 2.08. The molecule has 0 saturated heterocycles. The number of pyridine rings is 1. The van der Waals surface area contributed by atoms with E-state index < -0.39 is 0 Å². The number of nitrogens with zero attached hydrogens (tertiary/aromatic N) is 2. The Morgan fingerprint density at radius 3 is 2.94 bits per heavy atom. The summed E-state index contributed by atoms with van der Waals surface area (Å²) in [6.45, 7) is 11.1. The Morgan fingerprint density at radius 2 is 2.33 bits per heavy atom. The Balaban J connectivity index is 2.10. The summed E-state index contributed by atoms with van der Waals surface area (Å²) in [5.41, 5.74) is 3.75. The molecule has 2 rings (SSSR count). The molecule has 98 valence electrons. The quantitative estimate of drug-likeness (QED) is 0.749. The molecule has 3 heteroatoms. The lowest BCUT2D eigenvalue weighted by Gasteiger charge is -2.25. The zero-order valence-corrected chi connectivity index (χ0v) is 11.4. The summed E-state index contributed by atoms with van der Waals surface area (Å²) >= 11 is 0. The Bertz CT molecular complexity index is 410. The van der Waals surface area contributed by atoms with Crippen molar-refractivity contribution in [2.45, 2.75) is 39.3 Å². The van der Waals surface area contributed by atoms with Gasteiger partial charge in [-0.15, -0.1) is 0 Å². The highest BCUT2D eigenvalue weighted by Gasteiger charge is 2.21. The van der Waals surface area contributed by atoms with Crippen LogP contribution in [0, 0.1) is 0 Å². The van der Waals surface area contributed by atoms with Crippen LogP contribution in [-0.2, 0) is 6.54 Å². The van der Waals surface area contributed by atoms with E-state index >= 15 is 0 Å². The molecule has 0 aromatic carbocycles. The van der Waals surface area contributed by atoms with Gasteiger partial charge < -0.3 is 10.2 Å². The molecule has 1 heterocycles. The average molecular weight is 245 g/mol. The van der Waals surface area contributed by atoms with Crippen molar-refractivity contribution in [3.8, 4) is 0 Å². The lowest BCUT2D eigenvalue weighted by Crippen LogP contribution is -2.27. The van der Waals surface area contributed by atoms with Crippen molar-refractivity contribution < 1.29 is 0 Å². The lowest BCUT2D eigenvalue weighted by atomic mass is 10.2. The van der Waals surface area contributed by atoms with E-state index in [4.69, 9.17) is 0 Å². The summed E-state index contributed by atoms with van der Waals surface area (Å²) in [6.07, 6.45) is 6.49. The lowest BCUT2D eigenvalue weighted by molar-refractivity contribution is 0.684. The molecule has 0 amide bonds. The third-order valence-corrected chi connectivity index (χ3v) is 3.23. The average Bonchev–Trinajstić information content (AvgIpc) is 3.18. The molecule has 0 radical (unpaired) electrons. The Labute approximate surface area is 110 Å². The molecule has 0 spiro atoms. The molecule has 0 bridgehead atoms. The number of nitrogens with one attached hydrogen (secondary N) is 1. The van der Waals surface area contributed by atoms with E-state index in [1.807, 2.05) is 12.4 Å². The molecular formula is C15H23N3. The molecule has 1 N–H and O–H groups in total. The molecule has 1 aromatic rings. The van der Waals surface area contributed by atoms with Crippen molar-refractivity contribution in [2.24, 2.45) is 0 Å². The van der Waals surface area contributed by atoms with Crippen LogP contribution < -0.4 is 10.2 Å². The molecule has 1 aliphatic rings. The molecule has 3 nitrogen and oxygen atoms in total. The molecule has 1 fully saturated rings. The smallest absolute Gasteiger partial charge is 0.0601 e. The first-order chi connectivity index (χ1) is 8.70. The predicted molar refractivity (Wildman–Crippen MR) is 76.8 cm³/mol. The summed E-state index contributed by atoms with van der Waals surface area (Å²) in [5, 5.41) is 3.57. The van der Waals surface area contributed by atoms with Gasteiger partial charge in [0.05, 0.1) is 11.9 Å². The Hall–Kier alpha value is -1.35. The van der Waals surface area contributed by atoms with E-state index in [9.17, 15) is 0 Å². The maximum Gasteiger partial charge on any atom is 0.0601 e. The number of rotatable bonds is 7. The predicted octanol–water partition coefficient (Wildman–Crippen LogP) is 2.74. The van der Waals surface area contributed by atoms with Crippen LogP contribution in [0.4, 0.5) is 5.69 Å². The van der Waals surface area contributed by atoms with Crippen LogP contribution >= 0.6 is 0 Å². The van der Waals surface area contributed by atoms with Gasteiger partial charge in [0.2, 0.25) is 0 Å². The van der Waals surface area contributed by atoms with Gasteiger partial charge in [-0.1, -0.05) is 12.2 Å². The second kappa shape index (κ2) is 6.01. The van der Waals surface area contributed by atoms with E-state index in [2.05, 4.69) is 41.7 Å². The standard InChI is InChI=1S/C15H23N3/c1-4-18(11-12(2)3)15-10-16-8-7-13(15)9-17-14-5-6-14/h7-8,10,14,17H,2,4-6,9,11H2,1,3H3.